The van der Waals surface area contributed by atoms with E-state index >= 15 is 0 Å². The van der Waals surface area contributed by atoms with Crippen LogP contribution in [0.5, 0.6) is 5.88 Å². The van der Waals surface area contributed by atoms with Gasteiger partial charge >= 0.3 is 0 Å². The van der Waals surface area contributed by atoms with Gasteiger partial charge < -0.3 is 10.1 Å². The van der Waals surface area contributed by atoms with Gasteiger partial charge in [-0.1, -0.05) is 6.07 Å². The number of carbonyl (C=O) groups is 1. The third-order valence-corrected chi connectivity index (χ3v) is 6.98. The first-order chi connectivity index (χ1) is 12.5. The zero-order chi connectivity index (χ0) is 17.9. The zero-order valence-electron chi connectivity index (χ0n) is 15.1. The van der Waals surface area contributed by atoms with E-state index in [-0.39, 0.29) is 5.91 Å². The van der Waals surface area contributed by atoms with Gasteiger partial charge in [0.05, 0.1) is 12.1 Å². The van der Waals surface area contributed by atoms with Gasteiger partial charge in [0, 0.05) is 22.6 Å². The van der Waals surface area contributed by atoms with E-state index in [4.69, 9.17) is 4.74 Å². The highest BCUT2D eigenvalue weighted by Gasteiger charge is 2.70. The molecule has 5 rings (SSSR count). The van der Waals surface area contributed by atoms with Crippen molar-refractivity contribution in [2.24, 2.45) is 11.3 Å². The second kappa shape index (κ2) is 5.52. The Kier molecular flexibility index (Phi) is 3.45. The quantitative estimate of drug-likeness (QED) is 0.805. The molecule has 3 aliphatic rings. The molecule has 6 heteroatoms. The molecule has 0 spiro atoms. The number of rotatable bonds is 7. The van der Waals surface area contributed by atoms with Crippen LogP contribution in [0.4, 0.5) is 0 Å². The Morgan fingerprint density at radius 1 is 1.38 bits per heavy atom. The second-order valence-corrected chi connectivity index (χ2v) is 9.43. The molecule has 5 nitrogen and oxygen atoms in total. The lowest BCUT2D eigenvalue weighted by Crippen LogP contribution is -2.41. The lowest BCUT2D eigenvalue weighted by molar-refractivity contribution is 0.0905. The highest BCUT2D eigenvalue weighted by atomic mass is 32.1. The van der Waals surface area contributed by atoms with Crippen molar-refractivity contribution in [2.45, 2.75) is 51.0 Å². The summed E-state index contributed by atoms with van der Waals surface area (Å²) in [5.74, 6) is 1.91. The second-order valence-electron chi connectivity index (χ2n) is 8.54. The van der Waals surface area contributed by atoms with Crippen molar-refractivity contribution in [1.29, 1.82) is 0 Å². The summed E-state index contributed by atoms with van der Waals surface area (Å²) in [4.78, 5) is 21.7. The monoisotopic (exact) mass is 369 g/mol. The van der Waals surface area contributed by atoms with Crippen molar-refractivity contribution in [3.05, 3.63) is 40.0 Å². The number of nitrogens with one attached hydrogen (secondary N) is 1. The van der Waals surface area contributed by atoms with E-state index in [2.05, 4.69) is 15.3 Å². The average Bonchev–Trinajstić information content (AvgIpc) is 3.53. The molecule has 2 aromatic heterocycles. The number of fused-ring (bicyclic) bond motifs is 1. The number of hydrogen-bond acceptors (Lipinski definition) is 5. The van der Waals surface area contributed by atoms with Gasteiger partial charge in [0.15, 0.2) is 0 Å². The first kappa shape index (κ1) is 16.2. The number of carbonyl (C=O) groups excluding carboxylic acids is 1. The summed E-state index contributed by atoms with van der Waals surface area (Å²) in [7, 11) is 0. The molecule has 0 bridgehead atoms. The first-order valence-corrected chi connectivity index (χ1v) is 10.2. The van der Waals surface area contributed by atoms with Crippen molar-refractivity contribution in [3.63, 3.8) is 0 Å². The van der Waals surface area contributed by atoms with Crippen molar-refractivity contribution in [3.8, 4) is 5.88 Å². The maximum absolute atomic E-state index is 12.8. The smallest absolute Gasteiger partial charge is 0.270 e. The van der Waals surface area contributed by atoms with E-state index in [0.29, 0.717) is 22.9 Å². The van der Waals surface area contributed by atoms with Gasteiger partial charge in [-0.25, -0.2) is 9.97 Å². The summed E-state index contributed by atoms with van der Waals surface area (Å²) >= 11 is 1.54. The Balaban J connectivity index is 1.35. The molecule has 3 saturated carbocycles. The molecular weight excluding hydrogens is 346 g/mol. The van der Waals surface area contributed by atoms with Crippen LogP contribution in [0.1, 0.15) is 66.5 Å². The molecule has 136 valence electrons. The molecule has 0 unspecified atom stereocenters. The SMILES string of the molecule is CC(C)(NC(=O)c1ccc(C2CC2)c(OCC23CC2C3)n1)c1nccs1. The van der Waals surface area contributed by atoms with Gasteiger partial charge in [-0.2, -0.15) is 0 Å². The van der Waals surface area contributed by atoms with Crippen LogP contribution in [0.25, 0.3) is 0 Å². The van der Waals surface area contributed by atoms with Gasteiger partial charge in [-0.05, 0) is 57.4 Å². The van der Waals surface area contributed by atoms with E-state index in [1.54, 1.807) is 6.20 Å². The average molecular weight is 369 g/mol. The largest absolute Gasteiger partial charge is 0.477 e. The number of nitrogens with zero attached hydrogens (tertiary/aromatic N) is 2. The number of aromatic nitrogens is 2. The Labute approximate surface area is 157 Å². The highest BCUT2D eigenvalue weighted by Crippen LogP contribution is 2.75. The third-order valence-electron chi connectivity index (χ3n) is 5.88. The van der Waals surface area contributed by atoms with Crippen molar-refractivity contribution >= 4 is 17.2 Å². The minimum Gasteiger partial charge on any atom is -0.477 e. The Morgan fingerprint density at radius 2 is 2.15 bits per heavy atom. The standard InChI is InChI=1S/C20H23N3O2S/c1-19(2,18-21-7-8-26-18)23-16(24)15-6-5-14(12-3-4-12)17(22-15)25-11-20-9-13(20)10-20/h5-8,12-13H,3-4,9-11H2,1-2H3,(H,23,24). The van der Waals surface area contributed by atoms with E-state index < -0.39 is 5.54 Å². The normalized spacial score (nSPS) is 26.2. The van der Waals surface area contributed by atoms with E-state index in [1.807, 2.05) is 31.4 Å². The molecule has 1 N–H and O–H groups in total. The molecule has 0 radical (unpaired) electrons. The summed E-state index contributed by atoms with van der Waals surface area (Å²) in [5, 5.41) is 5.85. The molecule has 0 aromatic carbocycles. The molecule has 0 atom stereocenters. The third kappa shape index (κ3) is 2.90. The Hall–Kier alpha value is -1.95. The predicted octanol–water partition coefficient (Wildman–Crippen LogP) is 3.87. The van der Waals surface area contributed by atoms with E-state index in [9.17, 15) is 4.79 Å². The fourth-order valence-electron chi connectivity index (χ4n) is 3.58. The summed E-state index contributed by atoms with van der Waals surface area (Å²) in [6, 6.07) is 3.85. The van der Waals surface area contributed by atoms with Crippen LogP contribution in [0.15, 0.2) is 23.7 Å². The topological polar surface area (TPSA) is 64.1 Å². The first-order valence-electron chi connectivity index (χ1n) is 9.33. The fourth-order valence-corrected chi connectivity index (χ4v) is 4.30. The molecule has 0 aliphatic heterocycles. The zero-order valence-corrected chi connectivity index (χ0v) is 15.9. The highest BCUT2D eigenvalue weighted by molar-refractivity contribution is 7.09. The van der Waals surface area contributed by atoms with Crippen LogP contribution in [0.2, 0.25) is 0 Å². The van der Waals surface area contributed by atoms with Gasteiger partial charge in [0.1, 0.15) is 10.7 Å². The van der Waals surface area contributed by atoms with Crippen molar-refractivity contribution in [2.75, 3.05) is 6.61 Å². The summed E-state index contributed by atoms with van der Waals surface area (Å²) in [6.45, 7) is 4.67. The van der Waals surface area contributed by atoms with Crippen LogP contribution < -0.4 is 10.1 Å². The molecule has 26 heavy (non-hydrogen) atoms. The van der Waals surface area contributed by atoms with Crippen LogP contribution >= 0.6 is 11.3 Å². The van der Waals surface area contributed by atoms with Crippen molar-refractivity contribution in [1.82, 2.24) is 15.3 Å². The van der Waals surface area contributed by atoms with Crippen LogP contribution in [-0.2, 0) is 5.54 Å². The predicted molar refractivity (Wildman–Crippen MR) is 99.5 cm³/mol. The van der Waals surface area contributed by atoms with Crippen LogP contribution in [0, 0.1) is 11.3 Å². The van der Waals surface area contributed by atoms with Gasteiger partial charge in [0.25, 0.3) is 5.91 Å². The van der Waals surface area contributed by atoms with Crippen LogP contribution in [0.3, 0.4) is 0 Å². The van der Waals surface area contributed by atoms with Gasteiger partial charge in [-0.3, -0.25) is 4.79 Å². The number of ether oxygens (including phenoxy) is 1. The lowest BCUT2D eigenvalue weighted by Gasteiger charge is -2.23. The van der Waals surface area contributed by atoms with E-state index in [0.717, 1.165) is 23.1 Å². The van der Waals surface area contributed by atoms with Gasteiger partial charge in [0.2, 0.25) is 5.88 Å². The van der Waals surface area contributed by atoms with Gasteiger partial charge in [-0.15, -0.1) is 11.3 Å². The Bertz CT molecular complexity index is 852. The van der Waals surface area contributed by atoms with Crippen LogP contribution in [-0.4, -0.2) is 22.5 Å². The maximum atomic E-state index is 12.8. The molecule has 1 amide bonds. The summed E-state index contributed by atoms with van der Waals surface area (Å²) < 4.78 is 6.10. The minimum atomic E-state index is -0.530. The van der Waals surface area contributed by atoms with Crippen molar-refractivity contribution < 1.29 is 9.53 Å². The number of amides is 1. The summed E-state index contributed by atoms with van der Waals surface area (Å²) in [5.41, 5.74) is 1.50. The minimum absolute atomic E-state index is 0.189. The lowest BCUT2D eigenvalue weighted by atomic mass is 10.1. The fraction of sp³-hybridized carbons (Fsp3) is 0.550. The molecule has 3 fully saturated rings. The molecular formula is C20H23N3O2S. The molecule has 0 saturated heterocycles. The Morgan fingerprint density at radius 3 is 2.77 bits per heavy atom. The molecule has 3 aliphatic carbocycles. The number of pyridine rings is 1. The number of hydrogen-bond donors (Lipinski definition) is 1. The summed E-state index contributed by atoms with van der Waals surface area (Å²) in [6.07, 6.45) is 6.73. The number of thiazole rings is 1. The maximum Gasteiger partial charge on any atom is 0.270 e. The molecule has 2 aromatic rings. The molecule has 2 heterocycles. The van der Waals surface area contributed by atoms with E-state index in [1.165, 1.54) is 37.0 Å².